The fourth-order valence-electron chi connectivity index (χ4n) is 3.46. The summed E-state index contributed by atoms with van der Waals surface area (Å²) in [5.74, 6) is -0.0562. The highest BCUT2D eigenvalue weighted by molar-refractivity contribution is 6.42. The molecule has 0 aliphatic carbocycles. The molecule has 1 aliphatic rings. The molecule has 1 amide bonds. The van der Waals surface area contributed by atoms with Gasteiger partial charge in [-0.05, 0) is 54.7 Å². The van der Waals surface area contributed by atoms with Crippen molar-refractivity contribution in [1.82, 2.24) is 10.4 Å². The molecule has 27 heavy (non-hydrogen) atoms. The van der Waals surface area contributed by atoms with Crippen LogP contribution in [0.2, 0.25) is 10.0 Å². The van der Waals surface area contributed by atoms with Crippen molar-refractivity contribution in [3.05, 3.63) is 63.6 Å². The summed E-state index contributed by atoms with van der Waals surface area (Å²) >= 11 is 12.2. The first-order chi connectivity index (χ1) is 13.0. The van der Waals surface area contributed by atoms with E-state index >= 15 is 0 Å². The van der Waals surface area contributed by atoms with Crippen LogP contribution in [0.5, 0.6) is 0 Å². The van der Waals surface area contributed by atoms with Crippen LogP contribution >= 0.6 is 23.2 Å². The predicted octanol–water partition coefficient (Wildman–Crippen LogP) is 5.05. The number of halogens is 2. The summed E-state index contributed by atoms with van der Waals surface area (Å²) in [5, 5.41) is 6.36. The largest absolute Gasteiger partial charge is 0.326 e. The lowest BCUT2D eigenvalue weighted by molar-refractivity contribution is -0.114. The van der Waals surface area contributed by atoms with Crippen molar-refractivity contribution < 1.29 is 4.79 Å². The van der Waals surface area contributed by atoms with Gasteiger partial charge in [-0.15, -0.1) is 0 Å². The fraction of sp³-hybridized carbons (Fsp3) is 0.381. The van der Waals surface area contributed by atoms with Crippen LogP contribution in [0.15, 0.2) is 42.5 Å². The Morgan fingerprint density at radius 3 is 2.52 bits per heavy atom. The fourth-order valence-corrected chi connectivity index (χ4v) is 3.78. The number of carbonyl (C=O) groups excluding carboxylic acids is 1. The van der Waals surface area contributed by atoms with Crippen molar-refractivity contribution >= 4 is 34.8 Å². The Morgan fingerprint density at radius 1 is 1.07 bits per heavy atom. The lowest BCUT2D eigenvalue weighted by Crippen LogP contribution is -2.49. The molecule has 144 valence electrons. The topological polar surface area (TPSA) is 44.4 Å². The van der Waals surface area contributed by atoms with E-state index in [1.165, 1.54) is 30.9 Å². The zero-order chi connectivity index (χ0) is 19.2. The van der Waals surface area contributed by atoms with Gasteiger partial charge in [0.2, 0.25) is 5.91 Å². The molecule has 0 spiro atoms. The molecule has 0 radical (unpaired) electrons. The van der Waals surface area contributed by atoms with Gasteiger partial charge in [0.25, 0.3) is 0 Å². The van der Waals surface area contributed by atoms with Gasteiger partial charge in [-0.3, -0.25) is 10.2 Å². The molecule has 2 N–H and O–H groups in total. The molecule has 1 saturated heterocycles. The van der Waals surface area contributed by atoms with E-state index in [1.807, 2.05) is 36.4 Å². The lowest BCUT2D eigenvalue weighted by atomic mass is 9.97. The van der Waals surface area contributed by atoms with Crippen LogP contribution in [0.25, 0.3) is 0 Å². The van der Waals surface area contributed by atoms with E-state index in [9.17, 15) is 4.79 Å². The van der Waals surface area contributed by atoms with Gasteiger partial charge in [0.05, 0.1) is 10.0 Å². The summed E-state index contributed by atoms with van der Waals surface area (Å²) in [6, 6.07) is 14.3. The van der Waals surface area contributed by atoms with Crippen LogP contribution in [0.4, 0.5) is 5.69 Å². The van der Waals surface area contributed by atoms with E-state index in [0.29, 0.717) is 16.1 Å². The monoisotopic (exact) mass is 405 g/mol. The summed E-state index contributed by atoms with van der Waals surface area (Å²) in [6.45, 7) is 3.31. The number of amides is 1. The number of carbonyl (C=O) groups is 1. The van der Waals surface area contributed by atoms with E-state index in [1.54, 1.807) is 0 Å². The maximum absolute atomic E-state index is 11.1. The first kappa shape index (κ1) is 20.2. The highest BCUT2D eigenvalue weighted by Crippen LogP contribution is 2.25. The van der Waals surface area contributed by atoms with Crippen LogP contribution in [-0.4, -0.2) is 23.5 Å². The number of hydrogen-bond acceptors (Lipinski definition) is 3. The van der Waals surface area contributed by atoms with Gasteiger partial charge in [0.1, 0.15) is 0 Å². The van der Waals surface area contributed by atoms with Gasteiger partial charge >= 0.3 is 0 Å². The molecule has 6 heteroatoms. The average molecular weight is 406 g/mol. The third-order valence-electron chi connectivity index (χ3n) is 4.84. The Kier molecular flexibility index (Phi) is 7.13. The molecular formula is C21H25Cl2N3O. The van der Waals surface area contributed by atoms with Crippen molar-refractivity contribution in [1.29, 1.82) is 0 Å². The molecule has 3 rings (SSSR count). The van der Waals surface area contributed by atoms with Gasteiger partial charge in [-0.2, -0.15) is 0 Å². The number of anilines is 1. The third-order valence-corrected chi connectivity index (χ3v) is 5.58. The summed E-state index contributed by atoms with van der Waals surface area (Å²) in [4.78, 5) is 11.1. The van der Waals surface area contributed by atoms with Gasteiger partial charge in [-0.25, -0.2) is 5.01 Å². The second kappa shape index (κ2) is 9.56. The SMILES string of the molecule is CC(=O)Nc1ccc(CNN2CCCCC2Cc2ccc(Cl)c(Cl)c2)cc1. The Morgan fingerprint density at radius 2 is 1.81 bits per heavy atom. The van der Waals surface area contributed by atoms with Gasteiger partial charge in [0, 0.05) is 31.7 Å². The highest BCUT2D eigenvalue weighted by Gasteiger charge is 2.22. The van der Waals surface area contributed by atoms with E-state index in [0.717, 1.165) is 31.6 Å². The van der Waals surface area contributed by atoms with Crippen LogP contribution in [0.3, 0.4) is 0 Å². The number of piperidine rings is 1. The molecule has 4 nitrogen and oxygen atoms in total. The quantitative estimate of drug-likeness (QED) is 0.706. The van der Waals surface area contributed by atoms with Crippen LogP contribution in [0.1, 0.15) is 37.3 Å². The molecule has 0 bridgehead atoms. The summed E-state index contributed by atoms with van der Waals surface area (Å²) in [5.41, 5.74) is 6.80. The van der Waals surface area contributed by atoms with E-state index in [-0.39, 0.29) is 5.91 Å². The van der Waals surface area contributed by atoms with Crippen molar-refractivity contribution in [3.8, 4) is 0 Å². The first-order valence-corrected chi connectivity index (χ1v) is 10.1. The zero-order valence-corrected chi connectivity index (χ0v) is 17.0. The zero-order valence-electron chi connectivity index (χ0n) is 15.5. The Bertz CT molecular complexity index is 779. The molecule has 1 unspecified atom stereocenters. The van der Waals surface area contributed by atoms with Crippen LogP contribution in [-0.2, 0) is 17.8 Å². The summed E-state index contributed by atoms with van der Waals surface area (Å²) < 4.78 is 0. The number of rotatable bonds is 6. The minimum atomic E-state index is -0.0562. The predicted molar refractivity (Wildman–Crippen MR) is 112 cm³/mol. The maximum atomic E-state index is 11.1. The number of nitrogens with one attached hydrogen (secondary N) is 2. The number of hydrogen-bond donors (Lipinski definition) is 2. The molecule has 1 heterocycles. The standard InChI is InChI=1S/C21H25Cl2N3O/c1-15(27)25-18-8-5-16(6-9-18)14-24-26-11-3-2-4-19(26)12-17-7-10-20(22)21(23)13-17/h5-10,13,19,24H,2-4,11-12,14H2,1H3,(H,25,27). The molecular weight excluding hydrogens is 381 g/mol. The molecule has 1 atom stereocenters. The Balaban J connectivity index is 1.58. The molecule has 0 saturated carbocycles. The Hall–Kier alpha value is -1.59. The van der Waals surface area contributed by atoms with Gasteiger partial charge in [0.15, 0.2) is 0 Å². The molecule has 2 aromatic rings. The minimum absolute atomic E-state index is 0.0562. The second-order valence-electron chi connectivity index (χ2n) is 7.01. The molecule has 0 aromatic heterocycles. The lowest BCUT2D eigenvalue weighted by Gasteiger charge is -2.36. The van der Waals surface area contributed by atoms with E-state index in [4.69, 9.17) is 23.2 Å². The number of hydrazine groups is 1. The maximum Gasteiger partial charge on any atom is 0.221 e. The Labute approximate surface area is 170 Å². The number of nitrogens with zero attached hydrogens (tertiary/aromatic N) is 1. The van der Waals surface area contributed by atoms with Crippen molar-refractivity contribution in [2.75, 3.05) is 11.9 Å². The van der Waals surface area contributed by atoms with Gasteiger partial charge < -0.3 is 5.32 Å². The van der Waals surface area contributed by atoms with E-state index in [2.05, 4.69) is 21.8 Å². The third kappa shape index (κ3) is 5.94. The highest BCUT2D eigenvalue weighted by atomic mass is 35.5. The van der Waals surface area contributed by atoms with Crippen molar-refractivity contribution in [2.24, 2.45) is 0 Å². The normalized spacial score (nSPS) is 17.7. The molecule has 1 aliphatic heterocycles. The second-order valence-corrected chi connectivity index (χ2v) is 7.82. The summed E-state index contributed by atoms with van der Waals surface area (Å²) in [7, 11) is 0. The van der Waals surface area contributed by atoms with Crippen molar-refractivity contribution in [2.45, 2.75) is 45.2 Å². The van der Waals surface area contributed by atoms with E-state index < -0.39 is 0 Å². The smallest absolute Gasteiger partial charge is 0.221 e. The molecule has 2 aromatic carbocycles. The first-order valence-electron chi connectivity index (χ1n) is 9.32. The van der Waals surface area contributed by atoms with Gasteiger partial charge in [-0.1, -0.05) is 47.8 Å². The summed E-state index contributed by atoms with van der Waals surface area (Å²) in [6.07, 6.45) is 4.56. The average Bonchev–Trinajstić information content (AvgIpc) is 2.65. The number of benzene rings is 2. The molecule has 1 fully saturated rings. The van der Waals surface area contributed by atoms with Crippen LogP contribution in [0, 0.1) is 0 Å². The van der Waals surface area contributed by atoms with Crippen molar-refractivity contribution in [3.63, 3.8) is 0 Å². The van der Waals surface area contributed by atoms with Crippen LogP contribution < -0.4 is 10.7 Å². The minimum Gasteiger partial charge on any atom is -0.326 e.